The normalized spacial score (nSPS) is 15.3. The van der Waals surface area contributed by atoms with Gasteiger partial charge in [0.05, 0.1) is 18.5 Å². The number of benzene rings is 2. The van der Waals surface area contributed by atoms with Gasteiger partial charge in [-0.2, -0.15) is 0 Å². The molecule has 6 nitrogen and oxygen atoms in total. The van der Waals surface area contributed by atoms with E-state index in [0.717, 1.165) is 43.9 Å². The lowest BCUT2D eigenvalue weighted by Gasteiger charge is -2.34. The van der Waals surface area contributed by atoms with Gasteiger partial charge in [0.2, 0.25) is 10.0 Å². The summed E-state index contributed by atoms with van der Waals surface area (Å²) in [5.74, 6) is -0.00267. The first-order valence-electron chi connectivity index (χ1n) is 9.93. The van der Waals surface area contributed by atoms with E-state index in [4.69, 9.17) is 0 Å². The molecule has 0 unspecified atom stereocenters. The fraction of sp³-hybridized carbons (Fsp3) is 0.409. The first kappa shape index (κ1) is 21.3. The molecule has 29 heavy (non-hydrogen) atoms. The van der Waals surface area contributed by atoms with Crippen molar-refractivity contribution >= 4 is 21.6 Å². The molecule has 1 heterocycles. The number of piperazine rings is 1. The Bertz CT molecular complexity index is 950. The predicted molar refractivity (Wildman–Crippen MR) is 117 cm³/mol. The highest BCUT2D eigenvalue weighted by Gasteiger charge is 2.23. The minimum atomic E-state index is -3.46. The molecule has 1 aliphatic rings. The van der Waals surface area contributed by atoms with Crippen molar-refractivity contribution in [3.63, 3.8) is 0 Å². The summed E-state index contributed by atoms with van der Waals surface area (Å²) in [5, 5.41) is 0. The quantitative estimate of drug-likeness (QED) is 0.728. The average Bonchev–Trinajstić information content (AvgIpc) is 2.72. The summed E-state index contributed by atoms with van der Waals surface area (Å²) < 4.78 is 26.2. The average molecular weight is 416 g/mol. The van der Waals surface area contributed by atoms with Gasteiger partial charge in [0, 0.05) is 31.7 Å². The van der Waals surface area contributed by atoms with Gasteiger partial charge in [-0.05, 0) is 48.9 Å². The van der Waals surface area contributed by atoms with Gasteiger partial charge in [0.25, 0.3) is 5.91 Å². The minimum Gasteiger partial charge on any atom is -0.336 e. The van der Waals surface area contributed by atoms with Gasteiger partial charge in [-0.1, -0.05) is 31.2 Å². The van der Waals surface area contributed by atoms with Crippen LogP contribution in [0.15, 0.2) is 48.5 Å². The zero-order valence-electron chi connectivity index (χ0n) is 17.3. The molecule has 1 amide bonds. The van der Waals surface area contributed by atoms with Crippen LogP contribution in [0.1, 0.15) is 28.4 Å². The fourth-order valence-electron chi connectivity index (χ4n) is 3.56. The molecule has 0 aromatic heterocycles. The van der Waals surface area contributed by atoms with Crippen molar-refractivity contribution in [1.29, 1.82) is 0 Å². The Morgan fingerprint density at radius 3 is 2.17 bits per heavy atom. The summed E-state index contributed by atoms with van der Waals surface area (Å²) in [6, 6.07) is 14.6. The SMILES string of the molecule is CCN1CCN(C(=O)c2ccc(N(Cc3ccccc3C)S(C)(=O)=O)cc2)CC1. The lowest BCUT2D eigenvalue weighted by atomic mass is 10.1. The lowest BCUT2D eigenvalue weighted by molar-refractivity contribution is 0.0643. The Kier molecular flexibility index (Phi) is 6.59. The monoisotopic (exact) mass is 415 g/mol. The van der Waals surface area contributed by atoms with Crippen molar-refractivity contribution < 1.29 is 13.2 Å². The molecule has 0 spiro atoms. The number of sulfonamides is 1. The maximum atomic E-state index is 12.8. The van der Waals surface area contributed by atoms with Crippen LogP contribution in [0, 0.1) is 6.92 Å². The number of nitrogens with zero attached hydrogens (tertiary/aromatic N) is 3. The molecule has 1 aliphatic heterocycles. The van der Waals surface area contributed by atoms with Crippen LogP contribution in [-0.4, -0.2) is 63.1 Å². The highest BCUT2D eigenvalue weighted by Crippen LogP contribution is 2.23. The van der Waals surface area contributed by atoms with E-state index in [9.17, 15) is 13.2 Å². The lowest BCUT2D eigenvalue weighted by Crippen LogP contribution is -2.48. The number of amides is 1. The molecular weight excluding hydrogens is 386 g/mol. The smallest absolute Gasteiger partial charge is 0.253 e. The van der Waals surface area contributed by atoms with Gasteiger partial charge in [-0.15, -0.1) is 0 Å². The molecule has 2 aromatic carbocycles. The van der Waals surface area contributed by atoms with Crippen LogP contribution >= 0.6 is 0 Å². The van der Waals surface area contributed by atoms with Crippen LogP contribution in [0.25, 0.3) is 0 Å². The Morgan fingerprint density at radius 1 is 1.00 bits per heavy atom. The molecule has 0 bridgehead atoms. The van der Waals surface area contributed by atoms with E-state index in [1.807, 2.05) is 36.1 Å². The van der Waals surface area contributed by atoms with E-state index in [-0.39, 0.29) is 12.5 Å². The van der Waals surface area contributed by atoms with E-state index in [1.165, 1.54) is 10.6 Å². The topological polar surface area (TPSA) is 60.9 Å². The van der Waals surface area contributed by atoms with Gasteiger partial charge in [-0.25, -0.2) is 8.42 Å². The van der Waals surface area contributed by atoms with Crippen LogP contribution in [0.3, 0.4) is 0 Å². The molecule has 0 saturated carbocycles. The first-order chi connectivity index (χ1) is 13.8. The summed E-state index contributed by atoms with van der Waals surface area (Å²) in [6.07, 6.45) is 1.21. The second kappa shape index (κ2) is 8.97. The van der Waals surface area contributed by atoms with Crippen LogP contribution in [0.2, 0.25) is 0 Å². The molecule has 7 heteroatoms. The molecule has 1 saturated heterocycles. The number of likely N-dealkylation sites (N-methyl/N-ethyl adjacent to an activating group) is 1. The van der Waals surface area contributed by atoms with Gasteiger partial charge in [0.1, 0.15) is 0 Å². The van der Waals surface area contributed by atoms with Gasteiger partial charge in [-0.3, -0.25) is 9.10 Å². The van der Waals surface area contributed by atoms with Crippen LogP contribution in [-0.2, 0) is 16.6 Å². The van der Waals surface area contributed by atoms with Crippen molar-refractivity contribution in [2.45, 2.75) is 20.4 Å². The summed E-state index contributed by atoms with van der Waals surface area (Å²) >= 11 is 0. The Morgan fingerprint density at radius 2 is 1.62 bits per heavy atom. The molecule has 0 aliphatic carbocycles. The Hall–Kier alpha value is -2.38. The van der Waals surface area contributed by atoms with E-state index >= 15 is 0 Å². The third kappa shape index (κ3) is 5.16. The molecule has 3 rings (SSSR count). The van der Waals surface area contributed by atoms with Crippen molar-refractivity contribution in [2.75, 3.05) is 43.3 Å². The number of hydrogen-bond donors (Lipinski definition) is 0. The second-order valence-electron chi connectivity index (χ2n) is 7.47. The second-order valence-corrected chi connectivity index (χ2v) is 9.38. The van der Waals surface area contributed by atoms with Crippen molar-refractivity contribution in [1.82, 2.24) is 9.80 Å². The molecule has 1 fully saturated rings. The number of rotatable bonds is 6. The van der Waals surface area contributed by atoms with E-state index in [2.05, 4.69) is 11.8 Å². The summed E-state index contributed by atoms with van der Waals surface area (Å²) in [5.41, 5.74) is 3.14. The maximum Gasteiger partial charge on any atom is 0.253 e. The highest BCUT2D eigenvalue weighted by atomic mass is 32.2. The van der Waals surface area contributed by atoms with Gasteiger partial charge < -0.3 is 9.80 Å². The van der Waals surface area contributed by atoms with E-state index in [0.29, 0.717) is 11.3 Å². The molecule has 2 aromatic rings. The molecule has 156 valence electrons. The van der Waals surface area contributed by atoms with Gasteiger partial charge in [0.15, 0.2) is 0 Å². The first-order valence-corrected chi connectivity index (χ1v) is 11.8. The predicted octanol–water partition coefficient (Wildman–Crippen LogP) is 2.74. The molecular formula is C22H29N3O3S. The zero-order chi connectivity index (χ0) is 21.0. The fourth-order valence-corrected chi connectivity index (χ4v) is 4.44. The Balaban J connectivity index is 1.77. The van der Waals surface area contributed by atoms with Crippen molar-refractivity contribution in [2.24, 2.45) is 0 Å². The number of aryl methyl sites for hydroxylation is 1. The number of carbonyl (C=O) groups excluding carboxylic acids is 1. The number of hydrogen-bond acceptors (Lipinski definition) is 4. The largest absolute Gasteiger partial charge is 0.336 e. The summed E-state index contributed by atoms with van der Waals surface area (Å²) in [7, 11) is -3.46. The number of carbonyl (C=O) groups is 1. The van der Waals surface area contributed by atoms with E-state index < -0.39 is 10.0 Å². The summed E-state index contributed by atoms with van der Waals surface area (Å²) in [6.45, 7) is 8.57. The summed E-state index contributed by atoms with van der Waals surface area (Å²) in [4.78, 5) is 17.0. The van der Waals surface area contributed by atoms with Crippen LogP contribution in [0.5, 0.6) is 0 Å². The standard InChI is InChI=1S/C22H29N3O3S/c1-4-23-13-15-24(16-14-23)22(26)19-9-11-21(12-10-19)25(29(3,27)28)17-20-8-6-5-7-18(20)2/h5-12H,4,13-17H2,1-3H3. The Labute approximate surface area is 173 Å². The highest BCUT2D eigenvalue weighted by molar-refractivity contribution is 7.92. The molecule has 0 atom stereocenters. The van der Waals surface area contributed by atoms with Gasteiger partial charge >= 0.3 is 0 Å². The zero-order valence-corrected chi connectivity index (χ0v) is 18.2. The van der Waals surface area contributed by atoms with E-state index in [1.54, 1.807) is 24.3 Å². The van der Waals surface area contributed by atoms with Crippen LogP contribution < -0.4 is 4.31 Å². The third-order valence-electron chi connectivity index (χ3n) is 5.48. The van der Waals surface area contributed by atoms with Crippen molar-refractivity contribution in [3.05, 3.63) is 65.2 Å². The van der Waals surface area contributed by atoms with Crippen molar-refractivity contribution in [3.8, 4) is 0 Å². The number of anilines is 1. The molecule has 0 radical (unpaired) electrons. The minimum absolute atomic E-state index is 0.00267. The molecule has 0 N–H and O–H groups in total. The van der Waals surface area contributed by atoms with Crippen LogP contribution in [0.4, 0.5) is 5.69 Å². The third-order valence-corrected chi connectivity index (χ3v) is 6.63. The maximum absolute atomic E-state index is 12.8.